The third-order valence-electron chi connectivity index (χ3n) is 2.14. The first kappa shape index (κ1) is 12.9. The van der Waals surface area contributed by atoms with E-state index in [1.165, 1.54) is 6.92 Å². The van der Waals surface area contributed by atoms with E-state index in [1.807, 2.05) is 0 Å². The summed E-state index contributed by atoms with van der Waals surface area (Å²) in [6.45, 7) is 1.37. The maximum absolute atomic E-state index is 12.7. The van der Waals surface area contributed by atoms with E-state index < -0.39 is 35.3 Å². The molecule has 2 atom stereocenters. The quantitative estimate of drug-likeness (QED) is 0.775. The summed E-state index contributed by atoms with van der Waals surface area (Å²) in [7, 11) is 0. The predicted octanol–water partition coefficient (Wildman–Crippen LogP) is 2.23. The second-order valence-corrected chi connectivity index (χ2v) is 3.53. The monoisotopic (exact) mass is 237 g/mol. The largest absolute Gasteiger partial charge is 0.416 e. The number of nitrogens with two attached hydrogens (primary N) is 1. The minimum absolute atomic E-state index is 0.348. The fourth-order valence-corrected chi connectivity index (χ4v) is 1.32. The van der Waals surface area contributed by atoms with E-state index in [0.29, 0.717) is 6.07 Å². The van der Waals surface area contributed by atoms with Gasteiger partial charge in [-0.1, -0.05) is 6.07 Å². The summed E-state index contributed by atoms with van der Waals surface area (Å²) in [6.07, 6.45) is -6.19. The van der Waals surface area contributed by atoms with Crippen molar-refractivity contribution in [1.29, 1.82) is 0 Å². The van der Waals surface area contributed by atoms with Gasteiger partial charge in [-0.15, -0.1) is 0 Å². The zero-order valence-electron chi connectivity index (χ0n) is 8.42. The average molecular weight is 237 g/mol. The lowest BCUT2D eigenvalue weighted by Gasteiger charge is -2.20. The molecule has 0 heterocycles. The molecule has 0 bridgehead atoms. The lowest BCUT2D eigenvalue weighted by atomic mass is 9.98. The highest BCUT2D eigenvalue weighted by Crippen LogP contribution is 2.35. The van der Waals surface area contributed by atoms with Crippen molar-refractivity contribution in [1.82, 2.24) is 0 Å². The molecule has 0 aliphatic heterocycles. The smallest absolute Gasteiger partial charge is 0.387 e. The van der Waals surface area contributed by atoms with Crippen LogP contribution >= 0.6 is 0 Å². The number of hydrogen-bond acceptors (Lipinski definition) is 2. The maximum Gasteiger partial charge on any atom is 0.416 e. The van der Waals surface area contributed by atoms with Gasteiger partial charge in [0.05, 0.1) is 11.7 Å². The minimum Gasteiger partial charge on any atom is -0.387 e. The third-order valence-corrected chi connectivity index (χ3v) is 2.14. The van der Waals surface area contributed by atoms with Gasteiger partial charge >= 0.3 is 6.18 Å². The van der Waals surface area contributed by atoms with Crippen LogP contribution < -0.4 is 5.73 Å². The summed E-state index contributed by atoms with van der Waals surface area (Å²) in [4.78, 5) is 0. The molecule has 16 heavy (non-hydrogen) atoms. The SMILES string of the molecule is C[C@H](N)[C@H](O)c1ccc(F)cc1C(F)(F)F. The van der Waals surface area contributed by atoms with Crippen LogP contribution in [0.1, 0.15) is 24.2 Å². The van der Waals surface area contributed by atoms with E-state index in [0.717, 1.165) is 12.1 Å². The Labute approximate surface area is 89.7 Å². The fraction of sp³-hybridized carbons (Fsp3) is 0.400. The lowest BCUT2D eigenvalue weighted by molar-refractivity contribution is -0.139. The molecule has 2 nitrogen and oxygen atoms in total. The van der Waals surface area contributed by atoms with Crippen LogP contribution in [0.3, 0.4) is 0 Å². The van der Waals surface area contributed by atoms with Crippen LogP contribution in [0.15, 0.2) is 18.2 Å². The number of rotatable bonds is 2. The van der Waals surface area contributed by atoms with Gasteiger partial charge < -0.3 is 10.8 Å². The van der Waals surface area contributed by atoms with E-state index >= 15 is 0 Å². The molecule has 0 amide bonds. The van der Waals surface area contributed by atoms with Crippen LogP contribution in [-0.4, -0.2) is 11.1 Å². The second kappa shape index (κ2) is 4.39. The average Bonchev–Trinajstić information content (AvgIpc) is 2.15. The van der Waals surface area contributed by atoms with Crippen molar-refractivity contribution >= 4 is 0 Å². The third kappa shape index (κ3) is 2.70. The van der Waals surface area contributed by atoms with Gasteiger partial charge in [0.2, 0.25) is 0 Å². The van der Waals surface area contributed by atoms with Gasteiger partial charge in [-0.25, -0.2) is 4.39 Å². The summed E-state index contributed by atoms with van der Waals surface area (Å²) < 4.78 is 50.3. The van der Waals surface area contributed by atoms with Gasteiger partial charge in [0.25, 0.3) is 0 Å². The molecule has 0 unspecified atom stereocenters. The molecule has 0 aliphatic rings. The normalized spacial score (nSPS) is 15.9. The van der Waals surface area contributed by atoms with Crippen LogP contribution in [0.5, 0.6) is 0 Å². The van der Waals surface area contributed by atoms with E-state index in [-0.39, 0.29) is 0 Å². The topological polar surface area (TPSA) is 46.2 Å². The molecule has 0 aromatic heterocycles. The number of aliphatic hydroxyl groups is 1. The van der Waals surface area contributed by atoms with E-state index in [4.69, 9.17) is 5.73 Å². The number of hydrogen-bond donors (Lipinski definition) is 2. The highest BCUT2D eigenvalue weighted by atomic mass is 19.4. The van der Waals surface area contributed by atoms with Gasteiger partial charge in [0.15, 0.2) is 0 Å². The maximum atomic E-state index is 12.7. The van der Waals surface area contributed by atoms with Crippen molar-refractivity contribution in [2.45, 2.75) is 25.2 Å². The first-order chi connectivity index (χ1) is 7.23. The second-order valence-electron chi connectivity index (χ2n) is 3.53. The first-order valence-electron chi connectivity index (χ1n) is 4.53. The summed E-state index contributed by atoms with van der Waals surface area (Å²) in [5, 5.41) is 9.49. The summed E-state index contributed by atoms with van der Waals surface area (Å²) in [5.74, 6) is -1.01. The molecular weight excluding hydrogens is 226 g/mol. The Morgan fingerprint density at radius 3 is 2.31 bits per heavy atom. The Kier molecular flexibility index (Phi) is 3.54. The first-order valence-corrected chi connectivity index (χ1v) is 4.53. The van der Waals surface area contributed by atoms with Crippen LogP contribution in [0.25, 0.3) is 0 Å². The Balaban J connectivity index is 3.29. The number of benzene rings is 1. The van der Waals surface area contributed by atoms with Crippen molar-refractivity contribution in [2.75, 3.05) is 0 Å². The number of alkyl halides is 3. The van der Waals surface area contributed by atoms with E-state index in [1.54, 1.807) is 0 Å². The van der Waals surface area contributed by atoms with Crippen LogP contribution in [-0.2, 0) is 6.18 Å². The molecule has 0 radical (unpaired) electrons. The Morgan fingerprint density at radius 2 is 1.88 bits per heavy atom. The Hall–Kier alpha value is -1.14. The van der Waals surface area contributed by atoms with Crippen LogP contribution in [0.2, 0.25) is 0 Å². The van der Waals surface area contributed by atoms with E-state index in [9.17, 15) is 22.7 Å². The van der Waals surface area contributed by atoms with Crippen LogP contribution in [0, 0.1) is 5.82 Å². The molecule has 0 saturated carbocycles. The van der Waals surface area contributed by atoms with Crippen LogP contribution in [0.4, 0.5) is 17.6 Å². The zero-order chi connectivity index (χ0) is 12.5. The van der Waals surface area contributed by atoms with Crippen molar-refractivity contribution in [2.24, 2.45) is 5.73 Å². The highest BCUT2D eigenvalue weighted by Gasteiger charge is 2.36. The fourth-order valence-electron chi connectivity index (χ4n) is 1.32. The summed E-state index contributed by atoms with van der Waals surface area (Å²) in [6, 6.07) is 1.23. The standard InChI is InChI=1S/C10H11F4NO/c1-5(15)9(16)7-3-2-6(11)4-8(7)10(12,13)14/h2-5,9,16H,15H2,1H3/t5-,9-/m0/s1. The molecule has 3 N–H and O–H groups in total. The summed E-state index contributed by atoms with van der Waals surface area (Å²) >= 11 is 0. The molecule has 1 aromatic rings. The number of halogens is 4. The molecule has 0 fully saturated rings. The lowest BCUT2D eigenvalue weighted by Crippen LogP contribution is -2.26. The molecule has 90 valence electrons. The predicted molar refractivity (Wildman–Crippen MR) is 50.0 cm³/mol. The molecule has 1 rings (SSSR count). The van der Waals surface area contributed by atoms with Crippen molar-refractivity contribution < 1.29 is 22.7 Å². The Bertz CT molecular complexity index is 376. The number of aliphatic hydroxyl groups excluding tert-OH is 1. The van der Waals surface area contributed by atoms with E-state index in [2.05, 4.69) is 0 Å². The van der Waals surface area contributed by atoms with Gasteiger partial charge in [-0.05, 0) is 24.6 Å². The Morgan fingerprint density at radius 1 is 1.31 bits per heavy atom. The molecule has 0 spiro atoms. The molecule has 0 aliphatic carbocycles. The van der Waals surface area contributed by atoms with Crippen molar-refractivity contribution in [3.05, 3.63) is 35.1 Å². The molecule has 0 saturated heterocycles. The molecule has 6 heteroatoms. The van der Waals surface area contributed by atoms with Gasteiger partial charge in [-0.3, -0.25) is 0 Å². The summed E-state index contributed by atoms with van der Waals surface area (Å²) in [5.41, 5.74) is 3.70. The zero-order valence-corrected chi connectivity index (χ0v) is 8.42. The van der Waals surface area contributed by atoms with Crippen molar-refractivity contribution in [3.8, 4) is 0 Å². The molecule has 1 aromatic carbocycles. The van der Waals surface area contributed by atoms with Crippen molar-refractivity contribution in [3.63, 3.8) is 0 Å². The minimum atomic E-state index is -4.71. The van der Waals surface area contributed by atoms with Gasteiger partial charge in [0.1, 0.15) is 5.82 Å². The molecular formula is C10H11F4NO. The van der Waals surface area contributed by atoms with Gasteiger partial charge in [0, 0.05) is 6.04 Å². The van der Waals surface area contributed by atoms with Gasteiger partial charge in [-0.2, -0.15) is 13.2 Å². The highest BCUT2D eigenvalue weighted by molar-refractivity contribution is 5.32.